The summed E-state index contributed by atoms with van der Waals surface area (Å²) in [6, 6.07) is 18.5. The minimum Gasteiger partial charge on any atom is -0.488 e. The van der Waals surface area contributed by atoms with Crippen molar-refractivity contribution in [1.29, 1.82) is 0 Å². The van der Waals surface area contributed by atoms with Gasteiger partial charge in [-0.1, -0.05) is 30.3 Å². The molecule has 0 spiro atoms. The van der Waals surface area contributed by atoms with Crippen LogP contribution in [0.4, 0.5) is 11.4 Å². The number of carbonyl (C=O) groups excluding carboxylic acids is 2. The highest BCUT2D eigenvalue weighted by Gasteiger charge is 2.12. The Labute approximate surface area is 186 Å². The van der Waals surface area contributed by atoms with Gasteiger partial charge in [0.2, 0.25) is 10.0 Å². The Kier molecular flexibility index (Phi) is 6.79. The van der Waals surface area contributed by atoms with Crippen molar-refractivity contribution < 1.29 is 22.7 Å². The number of hydrogen-bond acceptors (Lipinski definition) is 5. The van der Waals surface area contributed by atoms with Gasteiger partial charge in [-0.25, -0.2) is 8.42 Å². The number of ether oxygens (including phenoxy) is 1. The lowest BCUT2D eigenvalue weighted by Gasteiger charge is -2.12. The molecule has 2 amide bonds. The first kappa shape index (κ1) is 22.8. The second kappa shape index (κ2) is 9.52. The van der Waals surface area contributed by atoms with Crippen molar-refractivity contribution in [2.75, 3.05) is 16.3 Å². The zero-order valence-corrected chi connectivity index (χ0v) is 18.4. The number of hydrogen-bond donors (Lipinski definition) is 3. The number of benzene rings is 3. The van der Waals surface area contributed by atoms with E-state index in [4.69, 9.17) is 10.5 Å². The molecule has 0 aliphatic rings. The van der Waals surface area contributed by atoms with E-state index in [0.717, 1.165) is 17.4 Å². The molecule has 3 aromatic rings. The zero-order chi connectivity index (χ0) is 23.3. The van der Waals surface area contributed by atoms with Crippen molar-refractivity contribution in [3.8, 4) is 5.75 Å². The first-order valence-electron chi connectivity index (χ1n) is 9.63. The number of sulfonamides is 1. The van der Waals surface area contributed by atoms with Gasteiger partial charge in [0.15, 0.2) is 0 Å². The molecule has 4 N–H and O–H groups in total. The molecule has 0 saturated carbocycles. The molecular weight excluding hydrogens is 430 g/mol. The normalized spacial score (nSPS) is 10.9. The Morgan fingerprint density at radius 1 is 1.00 bits per heavy atom. The van der Waals surface area contributed by atoms with E-state index in [9.17, 15) is 18.0 Å². The molecule has 0 unspecified atom stereocenters. The van der Waals surface area contributed by atoms with Gasteiger partial charge in [-0.2, -0.15) is 0 Å². The van der Waals surface area contributed by atoms with E-state index >= 15 is 0 Å². The molecule has 32 heavy (non-hydrogen) atoms. The number of para-hydroxylation sites is 1. The van der Waals surface area contributed by atoms with E-state index in [-0.39, 0.29) is 18.1 Å². The monoisotopic (exact) mass is 453 g/mol. The molecule has 0 aliphatic carbocycles. The van der Waals surface area contributed by atoms with Crippen LogP contribution in [0.15, 0.2) is 66.7 Å². The number of nitrogens with two attached hydrogens (primary N) is 1. The van der Waals surface area contributed by atoms with Crippen LogP contribution in [-0.2, 0) is 16.6 Å². The van der Waals surface area contributed by atoms with Crippen molar-refractivity contribution in [1.82, 2.24) is 0 Å². The van der Waals surface area contributed by atoms with E-state index in [1.54, 1.807) is 73.7 Å². The topological polar surface area (TPSA) is 128 Å². The van der Waals surface area contributed by atoms with E-state index in [1.165, 1.54) is 0 Å². The third-order valence-corrected chi connectivity index (χ3v) is 5.12. The highest BCUT2D eigenvalue weighted by molar-refractivity contribution is 7.92. The Morgan fingerprint density at radius 2 is 1.75 bits per heavy atom. The fraction of sp³-hybridized carbons (Fsp3) is 0.130. The standard InChI is InChI=1S/C23H23N3O5S/c1-15-10-11-18(13-20(15)26-32(2,29)30)25-23(28)17-7-5-6-16(12-17)14-31-21-9-4-3-8-19(21)22(24)27/h3-13,26H,14H2,1-2H3,(H2,24,27)(H,25,28). The number of amides is 2. The van der Waals surface area contributed by atoms with Crippen molar-refractivity contribution in [2.24, 2.45) is 5.73 Å². The smallest absolute Gasteiger partial charge is 0.255 e. The summed E-state index contributed by atoms with van der Waals surface area (Å²) in [5.41, 5.74) is 8.32. The number of anilines is 2. The molecule has 0 fully saturated rings. The summed E-state index contributed by atoms with van der Waals surface area (Å²) in [6.45, 7) is 1.90. The van der Waals surface area contributed by atoms with Gasteiger partial charge in [0.1, 0.15) is 12.4 Å². The molecule has 166 valence electrons. The van der Waals surface area contributed by atoms with Crippen molar-refractivity contribution in [3.05, 3.63) is 89.0 Å². The second-order valence-corrected chi connectivity index (χ2v) is 8.96. The Bertz CT molecular complexity index is 1270. The van der Waals surface area contributed by atoms with E-state index in [2.05, 4.69) is 10.0 Å². The molecule has 9 heteroatoms. The van der Waals surface area contributed by atoms with Gasteiger partial charge in [-0.05, 0) is 54.4 Å². The SMILES string of the molecule is Cc1ccc(NC(=O)c2cccc(COc3ccccc3C(N)=O)c2)cc1NS(C)(=O)=O. The average Bonchev–Trinajstić information content (AvgIpc) is 2.74. The molecule has 0 heterocycles. The van der Waals surface area contributed by atoms with Crippen LogP contribution in [0.1, 0.15) is 31.8 Å². The van der Waals surface area contributed by atoms with Crippen LogP contribution in [0, 0.1) is 6.92 Å². The van der Waals surface area contributed by atoms with Crippen LogP contribution in [0.5, 0.6) is 5.75 Å². The van der Waals surface area contributed by atoms with Crippen LogP contribution in [0.2, 0.25) is 0 Å². The number of rotatable bonds is 8. The van der Waals surface area contributed by atoms with Gasteiger partial charge in [0.25, 0.3) is 11.8 Å². The molecule has 3 aromatic carbocycles. The van der Waals surface area contributed by atoms with Gasteiger partial charge in [-0.15, -0.1) is 0 Å². The fourth-order valence-corrected chi connectivity index (χ4v) is 3.59. The number of nitrogens with one attached hydrogen (secondary N) is 2. The molecule has 3 rings (SSSR count). The molecule has 0 aromatic heterocycles. The quantitative estimate of drug-likeness (QED) is 0.482. The molecule has 0 radical (unpaired) electrons. The van der Waals surface area contributed by atoms with E-state index in [0.29, 0.717) is 22.7 Å². The van der Waals surface area contributed by atoms with E-state index in [1.807, 2.05) is 0 Å². The summed E-state index contributed by atoms with van der Waals surface area (Å²) in [7, 11) is -3.45. The second-order valence-electron chi connectivity index (χ2n) is 7.21. The van der Waals surface area contributed by atoms with Crippen molar-refractivity contribution in [2.45, 2.75) is 13.5 Å². The molecule has 0 aliphatic heterocycles. The molecular formula is C23H23N3O5S. The van der Waals surface area contributed by atoms with Crippen LogP contribution in [-0.4, -0.2) is 26.5 Å². The van der Waals surface area contributed by atoms with Gasteiger partial charge in [0, 0.05) is 11.3 Å². The maximum absolute atomic E-state index is 12.7. The van der Waals surface area contributed by atoms with Crippen LogP contribution in [0.25, 0.3) is 0 Å². The lowest BCUT2D eigenvalue weighted by molar-refractivity contribution is 0.0994. The third kappa shape index (κ3) is 6.08. The van der Waals surface area contributed by atoms with Gasteiger partial charge in [0.05, 0.1) is 17.5 Å². The lowest BCUT2D eigenvalue weighted by atomic mass is 10.1. The highest BCUT2D eigenvalue weighted by Crippen LogP contribution is 2.22. The molecule has 8 nitrogen and oxygen atoms in total. The third-order valence-electron chi connectivity index (χ3n) is 4.53. The number of primary amides is 1. The largest absolute Gasteiger partial charge is 0.488 e. The predicted octanol–water partition coefficient (Wildman–Crippen LogP) is 3.30. The summed E-state index contributed by atoms with van der Waals surface area (Å²) < 4.78 is 31.2. The summed E-state index contributed by atoms with van der Waals surface area (Å²) >= 11 is 0. The van der Waals surface area contributed by atoms with E-state index < -0.39 is 15.9 Å². The van der Waals surface area contributed by atoms with Crippen molar-refractivity contribution >= 4 is 33.2 Å². The highest BCUT2D eigenvalue weighted by atomic mass is 32.2. The number of carbonyl (C=O) groups is 2. The summed E-state index contributed by atoms with van der Waals surface area (Å²) in [6.07, 6.45) is 1.06. The minimum atomic E-state index is -3.45. The maximum atomic E-state index is 12.7. The summed E-state index contributed by atoms with van der Waals surface area (Å²) in [5, 5.41) is 2.76. The van der Waals surface area contributed by atoms with Crippen molar-refractivity contribution in [3.63, 3.8) is 0 Å². The molecule has 0 atom stereocenters. The van der Waals surface area contributed by atoms with Crippen LogP contribution < -0.4 is 20.5 Å². The zero-order valence-electron chi connectivity index (χ0n) is 17.6. The van der Waals surface area contributed by atoms with Gasteiger partial charge in [-0.3, -0.25) is 14.3 Å². The minimum absolute atomic E-state index is 0.137. The Morgan fingerprint density at radius 3 is 2.47 bits per heavy atom. The summed E-state index contributed by atoms with van der Waals surface area (Å²) in [5.74, 6) is -0.587. The molecule has 0 bridgehead atoms. The van der Waals surface area contributed by atoms with Crippen LogP contribution in [0.3, 0.4) is 0 Å². The first-order chi connectivity index (χ1) is 15.1. The lowest BCUT2D eigenvalue weighted by Crippen LogP contribution is -2.14. The molecule has 0 saturated heterocycles. The Hall–Kier alpha value is -3.85. The first-order valence-corrected chi connectivity index (χ1v) is 11.5. The van der Waals surface area contributed by atoms with Gasteiger partial charge >= 0.3 is 0 Å². The van der Waals surface area contributed by atoms with Crippen LogP contribution >= 0.6 is 0 Å². The maximum Gasteiger partial charge on any atom is 0.255 e. The summed E-state index contributed by atoms with van der Waals surface area (Å²) in [4.78, 5) is 24.2. The number of aryl methyl sites for hydroxylation is 1. The fourth-order valence-electron chi connectivity index (χ4n) is 2.97. The predicted molar refractivity (Wildman–Crippen MR) is 123 cm³/mol. The Balaban J connectivity index is 1.72. The van der Waals surface area contributed by atoms with Gasteiger partial charge < -0.3 is 15.8 Å². The average molecular weight is 454 g/mol.